The molecule has 7 heteroatoms. The molecule has 0 saturated heterocycles. The fourth-order valence-electron chi connectivity index (χ4n) is 2.26. The van der Waals surface area contributed by atoms with Crippen molar-refractivity contribution >= 4 is 53.5 Å². The second-order valence-corrected chi connectivity index (χ2v) is 13.9. The lowest BCUT2D eigenvalue weighted by Gasteiger charge is -2.36. The summed E-state index contributed by atoms with van der Waals surface area (Å²) in [7, 11) is -1.82. The quantitative estimate of drug-likeness (QED) is 0.326. The van der Waals surface area contributed by atoms with E-state index >= 15 is 0 Å². The first-order valence-electron chi connectivity index (χ1n) is 7.80. The minimum Gasteiger partial charge on any atom is -0.411 e. The van der Waals surface area contributed by atoms with Gasteiger partial charge in [-0.1, -0.05) is 32.4 Å². The minimum absolute atomic E-state index is 0.185. The molecule has 23 heavy (non-hydrogen) atoms. The summed E-state index contributed by atoms with van der Waals surface area (Å²) in [5.74, 6) is 0. The van der Waals surface area contributed by atoms with Crippen molar-refractivity contribution in [1.82, 2.24) is 14.5 Å². The summed E-state index contributed by atoms with van der Waals surface area (Å²) >= 11 is 8.65. The summed E-state index contributed by atoms with van der Waals surface area (Å²) < 4.78 is 9.76. The maximum absolute atomic E-state index is 6.44. The van der Waals surface area contributed by atoms with Crippen molar-refractivity contribution in [2.75, 3.05) is 0 Å². The topological polar surface area (TPSA) is 39.9 Å². The number of aromatic nitrogens is 3. The largest absolute Gasteiger partial charge is 0.411 e. The lowest BCUT2D eigenvalue weighted by molar-refractivity contribution is 0.264. The molecule has 4 nitrogen and oxygen atoms in total. The van der Waals surface area contributed by atoms with Crippen LogP contribution in [0.15, 0.2) is 6.33 Å². The number of hydrogen-bond donors (Lipinski definition) is 0. The van der Waals surface area contributed by atoms with E-state index in [1.165, 1.54) is 6.33 Å². The lowest BCUT2D eigenvalue weighted by Crippen LogP contribution is -2.40. The fourth-order valence-corrected chi connectivity index (χ4v) is 4.48. The van der Waals surface area contributed by atoms with E-state index in [0.29, 0.717) is 11.8 Å². The van der Waals surface area contributed by atoms with Gasteiger partial charge in [-0.05, 0) is 54.6 Å². The maximum Gasteiger partial charge on any atom is 0.192 e. The van der Waals surface area contributed by atoms with E-state index < -0.39 is 8.32 Å². The van der Waals surface area contributed by atoms with Crippen molar-refractivity contribution in [2.45, 2.75) is 65.4 Å². The summed E-state index contributed by atoms with van der Waals surface area (Å²) in [6.07, 6.45) is 1.53. The van der Waals surface area contributed by atoms with Crippen LogP contribution in [0.4, 0.5) is 0 Å². The third-order valence-corrected chi connectivity index (χ3v) is 10.6. The van der Waals surface area contributed by atoms with Crippen molar-refractivity contribution in [1.29, 1.82) is 0 Å². The highest BCUT2D eigenvalue weighted by molar-refractivity contribution is 14.1. The Kier molecular flexibility index (Phi) is 5.50. The Balaban J connectivity index is 2.51. The smallest absolute Gasteiger partial charge is 0.192 e. The van der Waals surface area contributed by atoms with Gasteiger partial charge in [0.15, 0.2) is 8.32 Å². The summed E-state index contributed by atoms with van der Waals surface area (Å²) in [5.41, 5.74) is 2.03. The highest BCUT2D eigenvalue weighted by Gasteiger charge is 2.37. The molecule has 0 aliphatic heterocycles. The van der Waals surface area contributed by atoms with Crippen LogP contribution < -0.4 is 0 Å². The number of halogens is 2. The Morgan fingerprint density at radius 2 is 1.91 bits per heavy atom. The molecule has 0 amide bonds. The third-order valence-electron chi connectivity index (χ3n) is 4.67. The van der Waals surface area contributed by atoms with E-state index in [9.17, 15) is 0 Å². The first-order chi connectivity index (χ1) is 10.5. The molecule has 2 rings (SSSR count). The molecule has 2 aromatic rings. The number of nitrogens with zero attached hydrogens (tertiary/aromatic N) is 3. The average molecular weight is 466 g/mol. The van der Waals surface area contributed by atoms with Gasteiger partial charge in [0.2, 0.25) is 0 Å². The zero-order valence-electron chi connectivity index (χ0n) is 14.9. The molecule has 0 fully saturated rings. The van der Waals surface area contributed by atoms with Crippen LogP contribution >= 0.6 is 34.2 Å². The molecule has 0 aliphatic rings. The van der Waals surface area contributed by atoms with Gasteiger partial charge in [0, 0.05) is 9.61 Å². The van der Waals surface area contributed by atoms with Gasteiger partial charge in [-0.15, -0.1) is 0 Å². The lowest BCUT2D eigenvalue weighted by atomic mass is 10.2. The van der Waals surface area contributed by atoms with Crippen LogP contribution in [0.2, 0.25) is 23.3 Å². The highest BCUT2D eigenvalue weighted by Crippen LogP contribution is 2.39. The third kappa shape index (κ3) is 3.60. The second kappa shape index (κ2) is 6.61. The predicted molar refractivity (Wildman–Crippen MR) is 108 cm³/mol. The molecule has 2 heterocycles. The first kappa shape index (κ1) is 19.1. The Hall–Kier alpha value is -0.183. The highest BCUT2D eigenvalue weighted by atomic mass is 127. The van der Waals surface area contributed by atoms with E-state index in [1.807, 2.05) is 0 Å². The minimum atomic E-state index is -1.82. The summed E-state index contributed by atoms with van der Waals surface area (Å²) in [5, 5.41) is 1.62. The number of fused-ring (bicyclic) bond motifs is 1. The van der Waals surface area contributed by atoms with Crippen LogP contribution in [0.3, 0.4) is 0 Å². The molecule has 0 bridgehead atoms. The first-order valence-corrected chi connectivity index (χ1v) is 12.2. The molecule has 0 aliphatic carbocycles. The molecular formula is C16H25ClIN3OSi. The van der Waals surface area contributed by atoms with Crippen LogP contribution in [0.1, 0.15) is 46.4 Å². The molecule has 0 unspecified atom stereocenters. The molecule has 128 valence electrons. The summed E-state index contributed by atoms with van der Waals surface area (Å²) in [6, 6.07) is 0.282. The van der Waals surface area contributed by atoms with Crippen LogP contribution in [-0.2, 0) is 11.0 Å². The average Bonchev–Trinajstić information content (AvgIpc) is 2.69. The van der Waals surface area contributed by atoms with Gasteiger partial charge in [0.25, 0.3) is 0 Å². The number of hydrogen-bond acceptors (Lipinski definition) is 3. The Labute approximate surface area is 158 Å². The molecule has 0 radical (unpaired) electrons. The van der Waals surface area contributed by atoms with Gasteiger partial charge in [-0.2, -0.15) is 0 Å². The second-order valence-electron chi connectivity index (χ2n) is 7.64. The van der Waals surface area contributed by atoms with Crippen molar-refractivity contribution in [3.05, 3.63) is 20.7 Å². The zero-order chi connectivity index (χ0) is 17.6. The maximum atomic E-state index is 6.44. The van der Waals surface area contributed by atoms with Gasteiger partial charge in [-0.3, -0.25) is 0 Å². The zero-order valence-corrected chi connectivity index (χ0v) is 18.8. The summed E-state index contributed by atoms with van der Waals surface area (Å²) in [6.45, 7) is 16.2. The SMILES string of the molecule is CC(C)n1c(CO[Si](C)(C)C(C)(C)C)c(I)c2c(Cl)ncnc21. The predicted octanol–water partition coefficient (Wildman–Crippen LogP) is 5.79. The molecule has 0 saturated carbocycles. The monoisotopic (exact) mass is 465 g/mol. The Bertz CT molecular complexity index is 722. The fraction of sp³-hybridized carbons (Fsp3) is 0.625. The molecule has 2 aromatic heterocycles. The van der Waals surface area contributed by atoms with Crippen LogP contribution in [-0.4, -0.2) is 22.9 Å². The van der Waals surface area contributed by atoms with Crippen LogP contribution in [0.5, 0.6) is 0 Å². The van der Waals surface area contributed by atoms with Crippen molar-refractivity contribution in [3.8, 4) is 0 Å². The van der Waals surface area contributed by atoms with Crippen molar-refractivity contribution in [3.63, 3.8) is 0 Å². The van der Waals surface area contributed by atoms with Crippen LogP contribution in [0, 0.1) is 3.57 Å². The van der Waals surface area contributed by atoms with Gasteiger partial charge in [0.05, 0.1) is 17.7 Å². The van der Waals surface area contributed by atoms with E-state index in [0.717, 1.165) is 20.3 Å². The van der Waals surface area contributed by atoms with Gasteiger partial charge in [-0.25, -0.2) is 9.97 Å². The number of rotatable bonds is 4. The van der Waals surface area contributed by atoms with Gasteiger partial charge < -0.3 is 8.99 Å². The summed E-state index contributed by atoms with van der Waals surface area (Å²) in [4.78, 5) is 8.59. The van der Waals surface area contributed by atoms with E-state index in [1.54, 1.807) is 0 Å². The molecule has 0 spiro atoms. The normalized spacial score (nSPS) is 13.3. The molecule has 0 aromatic carbocycles. The van der Waals surface area contributed by atoms with E-state index in [4.69, 9.17) is 16.0 Å². The van der Waals surface area contributed by atoms with E-state index in [2.05, 4.69) is 84.8 Å². The Morgan fingerprint density at radius 3 is 2.43 bits per heavy atom. The molecule has 0 N–H and O–H groups in total. The molecular weight excluding hydrogens is 441 g/mol. The van der Waals surface area contributed by atoms with Crippen molar-refractivity contribution in [2.24, 2.45) is 0 Å². The van der Waals surface area contributed by atoms with Gasteiger partial charge >= 0.3 is 0 Å². The van der Waals surface area contributed by atoms with Crippen molar-refractivity contribution < 1.29 is 4.43 Å². The molecule has 0 atom stereocenters. The standard InChI is InChI=1S/C16H25ClIN3OSi/c1-10(2)21-11(8-22-23(6,7)16(3,4)5)13(18)12-14(17)19-9-20-15(12)21/h9-10H,8H2,1-7H3. The Morgan fingerprint density at radius 1 is 1.30 bits per heavy atom. The van der Waals surface area contributed by atoms with Crippen LogP contribution in [0.25, 0.3) is 11.0 Å². The van der Waals surface area contributed by atoms with Gasteiger partial charge in [0.1, 0.15) is 17.1 Å². The van der Waals surface area contributed by atoms with E-state index in [-0.39, 0.29) is 11.1 Å².